The van der Waals surface area contributed by atoms with Crippen LogP contribution in [-0.2, 0) is 21.6 Å². The van der Waals surface area contributed by atoms with E-state index in [4.69, 9.17) is 21.1 Å². The van der Waals surface area contributed by atoms with Gasteiger partial charge in [-0.05, 0) is 61.6 Å². The molecule has 190 valence electrons. The van der Waals surface area contributed by atoms with Crippen molar-refractivity contribution in [2.24, 2.45) is 0 Å². The number of halogens is 1. The van der Waals surface area contributed by atoms with Gasteiger partial charge in [0.05, 0.1) is 0 Å². The Morgan fingerprint density at radius 1 is 0.892 bits per heavy atom. The van der Waals surface area contributed by atoms with Gasteiger partial charge in [0.25, 0.3) is 0 Å². The molecule has 1 N–H and O–H groups in total. The molecular formula is C30H29ClN2O4. The van der Waals surface area contributed by atoms with Gasteiger partial charge in [0, 0.05) is 23.0 Å². The molecule has 37 heavy (non-hydrogen) atoms. The second-order valence-corrected chi connectivity index (χ2v) is 9.25. The minimum atomic E-state index is -1.46. The number of rotatable bonds is 11. The predicted molar refractivity (Wildman–Crippen MR) is 143 cm³/mol. The summed E-state index contributed by atoms with van der Waals surface area (Å²) >= 11 is 6.01. The Kier molecular flexibility index (Phi) is 8.54. The van der Waals surface area contributed by atoms with Crippen molar-refractivity contribution in [1.29, 1.82) is 0 Å². The van der Waals surface area contributed by atoms with Crippen LogP contribution in [0.25, 0.3) is 0 Å². The zero-order valence-electron chi connectivity index (χ0n) is 20.8. The van der Waals surface area contributed by atoms with Crippen LogP contribution in [-0.4, -0.2) is 33.8 Å². The van der Waals surface area contributed by atoms with Gasteiger partial charge in [-0.2, -0.15) is 0 Å². The number of ether oxygens (including phenoxy) is 2. The quantitative estimate of drug-likeness (QED) is 0.240. The van der Waals surface area contributed by atoms with Crippen LogP contribution in [0.2, 0.25) is 5.02 Å². The first-order valence-corrected chi connectivity index (χ1v) is 12.5. The zero-order valence-corrected chi connectivity index (χ0v) is 21.6. The Morgan fingerprint density at radius 2 is 1.43 bits per heavy atom. The van der Waals surface area contributed by atoms with Crippen molar-refractivity contribution in [1.82, 2.24) is 9.97 Å². The number of carboxylic acid groups (broad SMARTS) is 1. The van der Waals surface area contributed by atoms with E-state index in [2.05, 4.69) is 9.97 Å². The molecular weight excluding hydrogens is 488 g/mol. The number of aromatic nitrogens is 2. The van der Waals surface area contributed by atoms with Crippen molar-refractivity contribution in [3.8, 4) is 6.01 Å². The van der Waals surface area contributed by atoms with Crippen LogP contribution in [0.15, 0.2) is 91.0 Å². The van der Waals surface area contributed by atoms with Crippen molar-refractivity contribution in [3.63, 3.8) is 0 Å². The van der Waals surface area contributed by atoms with Crippen molar-refractivity contribution in [3.05, 3.63) is 124 Å². The van der Waals surface area contributed by atoms with Gasteiger partial charge >= 0.3 is 12.0 Å². The molecule has 0 amide bonds. The van der Waals surface area contributed by atoms with E-state index in [1.54, 1.807) is 6.07 Å². The lowest BCUT2D eigenvalue weighted by molar-refractivity contribution is -0.164. The smallest absolute Gasteiger partial charge is 0.348 e. The van der Waals surface area contributed by atoms with E-state index in [9.17, 15) is 9.90 Å². The van der Waals surface area contributed by atoms with E-state index < -0.39 is 17.7 Å². The summed E-state index contributed by atoms with van der Waals surface area (Å²) in [5.74, 6) is -1.19. The van der Waals surface area contributed by atoms with Gasteiger partial charge in [-0.15, -0.1) is 0 Å². The molecule has 0 saturated heterocycles. The van der Waals surface area contributed by atoms with Crippen molar-refractivity contribution < 1.29 is 19.4 Å². The highest BCUT2D eigenvalue weighted by molar-refractivity contribution is 6.30. The predicted octanol–water partition coefficient (Wildman–Crippen LogP) is 6.17. The number of nitrogens with zero attached hydrogens (tertiary/aromatic N) is 2. The van der Waals surface area contributed by atoms with Crippen LogP contribution in [0.5, 0.6) is 6.01 Å². The second-order valence-electron chi connectivity index (χ2n) is 8.82. The normalized spacial score (nSPS) is 12.2. The van der Waals surface area contributed by atoms with Crippen LogP contribution < -0.4 is 4.74 Å². The largest absolute Gasteiger partial charge is 0.478 e. The number of hydrogen-bond acceptors (Lipinski definition) is 5. The lowest BCUT2D eigenvalue weighted by Gasteiger charge is -2.39. The van der Waals surface area contributed by atoms with Crippen LogP contribution in [0, 0.1) is 13.8 Å². The molecule has 1 atom stereocenters. The summed E-state index contributed by atoms with van der Waals surface area (Å²) in [5, 5.41) is 11.2. The van der Waals surface area contributed by atoms with Crippen LogP contribution in [0.4, 0.5) is 0 Å². The lowest BCUT2D eigenvalue weighted by atomic mass is 9.81. The van der Waals surface area contributed by atoms with Crippen molar-refractivity contribution in [2.45, 2.75) is 38.4 Å². The molecule has 0 aliphatic rings. The zero-order chi connectivity index (χ0) is 26.3. The highest BCUT2D eigenvalue weighted by Gasteiger charge is 2.50. The molecule has 4 rings (SSSR count). The van der Waals surface area contributed by atoms with Gasteiger partial charge in [0.2, 0.25) is 6.10 Å². The van der Waals surface area contributed by atoms with E-state index in [1.807, 2.05) is 98.8 Å². The Hall–Kier alpha value is -3.74. The number of benzene rings is 3. The first-order valence-electron chi connectivity index (χ1n) is 12.1. The van der Waals surface area contributed by atoms with E-state index in [0.29, 0.717) is 34.0 Å². The van der Waals surface area contributed by atoms with Crippen LogP contribution >= 0.6 is 11.6 Å². The Labute approximate surface area is 221 Å². The summed E-state index contributed by atoms with van der Waals surface area (Å²) in [6.07, 6.45) is -0.0561. The van der Waals surface area contributed by atoms with Gasteiger partial charge in [-0.1, -0.05) is 84.4 Å². The van der Waals surface area contributed by atoms with Crippen LogP contribution in [0.3, 0.4) is 0 Å². The van der Waals surface area contributed by atoms with Gasteiger partial charge < -0.3 is 14.6 Å². The average molecular weight is 517 g/mol. The molecule has 0 bridgehead atoms. The van der Waals surface area contributed by atoms with E-state index in [-0.39, 0.29) is 12.6 Å². The minimum absolute atomic E-state index is 0.00842. The molecule has 1 heterocycles. The third kappa shape index (κ3) is 6.34. The first kappa shape index (κ1) is 26.3. The summed E-state index contributed by atoms with van der Waals surface area (Å²) in [5.41, 5.74) is 2.33. The van der Waals surface area contributed by atoms with Crippen LogP contribution in [0.1, 0.15) is 34.5 Å². The van der Waals surface area contributed by atoms with Crippen molar-refractivity contribution in [2.75, 3.05) is 6.61 Å². The summed E-state index contributed by atoms with van der Waals surface area (Å²) in [4.78, 5) is 21.6. The molecule has 6 nitrogen and oxygen atoms in total. The maximum atomic E-state index is 12.9. The van der Waals surface area contributed by atoms with Gasteiger partial charge in [0.1, 0.15) is 0 Å². The van der Waals surface area contributed by atoms with Gasteiger partial charge in [-0.25, -0.2) is 14.8 Å². The van der Waals surface area contributed by atoms with E-state index >= 15 is 0 Å². The summed E-state index contributed by atoms with van der Waals surface area (Å²) in [6, 6.07) is 28.1. The molecule has 3 aromatic carbocycles. The Balaban J connectivity index is 1.75. The molecule has 0 spiro atoms. The highest BCUT2D eigenvalue weighted by Crippen LogP contribution is 2.39. The molecule has 0 saturated carbocycles. The molecule has 0 radical (unpaired) electrons. The SMILES string of the molecule is Cc1cc(C)nc(OC(C(=O)O)C(OCCCc2ccc(Cl)cc2)(c2ccccc2)c2ccccc2)n1. The fourth-order valence-electron chi connectivity index (χ4n) is 4.40. The monoisotopic (exact) mass is 516 g/mol. The maximum Gasteiger partial charge on any atom is 0.348 e. The lowest BCUT2D eigenvalue weighted by Crippen LogP contribution is -2.51. The molecule has 7 heteroatoms. The summed E-state index contributed by atoms with van der Waals surface area (Å²) < 4.78 is 12.7. The Bertz CT molecular complexity index is 1260. The summed E-state index contributed by atoms with van der Waals surface area (Å²) in [7, 11) is 0. The minimum Gasteiger partial charge on any atom is -0.478 e. The Morgan fingerprint density at radius 3 is 1.95 bits per heavy atom. The number of aliphatic carboxylic acids is 1. The third-order valence-electron chi connectivity index (χ3n) is 6.04. The van der Waals surface area contributed by atoms with Gasteiger partial charge in [0.15, 0.2) is 5.60 Å². The topological polar surface area (TPSA) is 81.5 Å². The number of hydrogen-bond donors (Lipinski definition) is 1. The number of carbonyl (C=O) groups is 1. The molecule has 4 aromatic rings. The number of carboxylic acids is 1. The number of aryl methyl sites for hydroxylation is 3. The van der Waals surface area contributed by atoms with E-state index in [1.165, 1.54) is 0 Å². The fourth-order valence-corrected chi connectivity index (χ4v) is 4.53. The standard InChI is InChI=1S/C30H29ClN2O4/c1-21-20-22(2)33-29(32-21)37-27(28(34)35)30(24-11-5-3-6-12-24,25-13-7-4-8-14-25)36-19-9-10-23-15-17-26(31)18-16-23/h3-8,11-18,20,27H,9-10,19H2,1-2H3,(H,34,35). The summed E-state index contributed by atoms with van der Waals surface area (Å²) in [6.45, 7) is 3.91. The second kappa shape index (κ2) is 12.0. The molecule has 0 fully saturated rings. The molecule has 1 unspecified atom stereocenters. The fraction of sp³-hybridized carbons (Fsp3) is 0.233. The van der Waals surface area contributed by atoms with E-state index in [0.717, 1.165) is 12.0 Å². The van der Waals surface area contributed by atoms with Gasteiger partial charge in [-0.3, -0.25) is 0 Å². The molecule has 0 aliphatic heterocycles. The van der Waals surface area contributed by atoms with Crippen molar-refractivity contribution >= 4 is 17.6 Å². The third-order valence-corrected chi connectivity index (χ3v) is 6.29. The maximum absolute atomic E-state index is 12.9. The average Bonchev–Trinajstić information content (AvgIpc) is 2.89. The molecule has 1 aromatic heterocycles. The first-order chi connectivity index (χ1) is 17.9. The molecule has 0 aliphatic carbocycles. The highest BCUT2D eigenvalue weighted by atomic mass is 35.5.